The predicted molar refractivity (Wildman–Crippen MR) is 87.8 cm³/mol. The predicted octanol–water partition coefficient (Wildman–Crippen LogP) is 4.10. The van der Waals surface area contributed by atoms with Gasteiger partial charge in [0.1, 0.15) is 18.2 Å². The number of hydrogen-bond acceptors (Lipinski definition) is 2. The van der Waals surface area contributed by atoms with Crippen molar-refractivity contribution in [2.45, 2.75) is 6.92 Å². The Morgan fingerprint density at radius 2 is 2.09 bits per heavy atom. The summed E-state index contributed by atoms with van der Waals surface area (Å²) in [5.41, 5.74) is 1.70. The molecule has 0 aliphatic rings. The van der Waals surface area contributed by atoms with Crippen molar-refractivity contribution >= 4 is 27.6 Å². The molecule has 0 heterocycles. The number of rotatable bonds is 5. The van der Waals surface area contributed by atoms with Crippen LogP contribution in [0.15, 0.2) is 46.9 Å². The van der Waals surface area contributed by atoms with Crippen LogP contribution in [0.25, 0.3) is 0 Å². The van der Waals surface area contributed by atoms with Crippen LogP contribution in [0.5, 0.6) is 5.75 Å². The fourth-order valence-corrected chi connectivity index (χ4v) is 2.30. The van der Waals surface area contributed by atoms with Gasteiger partial charge in [-0.15, -0.1) is 0 Å². The monoisotopic (exact) mass is 366 g/mol. The van der Waals surface area contributed by atoms with Crippen LogP contribution >= 0.6 is 15.9 Å². The number of benzene rings is 2. The molecule has 2 amide bonds. The Morgan fingerprint density at radius 3 is 2.82 bits per heavy atom. The van der Waals surface area contributed by atoms with Crippen LogP contribution in [-0.4, -0.2) is 19.2 Å². The third-order valence-electron chi connectivity index (χ3n) is 2.89. The van der Waals surface area contributed by atoms with Gasteiger partial charge in [0.25, 0.3) is 0 Å². The quantitative estimate of drug-likeness (QED) is 0.782. The molecular formula is C16H16BrFN2O2. The molecule has 0 atom stereocenters. The molecule has 0 spiro atoms. The van der Waals surface area contributed by atoms with Crippen molar-refractivity contribution < 1.29 is 13.9 Å². The number of nitrogens with one attached hydrogen (secondary N) is 2. The largest absolute Gasteiger partial charge is 0.492 e. The maximum atomic E-state index is 12.9. The first-order valence-electron chi connectivity index (χ1n) is 6.74. The van der Waals surface area contributed by atoms with Gasteiger partial charge in [0, 0.05) is 16.2 Å². The van der Waals surface area contributed by atoms with E-state index in [0.717, 1.165) is 15.7 Å². The second kappa shape index (κ2) is 7.79. The van der Waals surface area contributed by atoms with Gasteiger partial charge in [-0.2, -0.15) is 0 Å². The van der Waals surface area contributed by atoms with E-state index in [1.165, 1.54) is 12.1 Å². The first-order chi connectivity index (χ1) is 10.5. The number of halogens is 2. The molecule has 6 heteroatoms. The van der Waals surface area contributed by atoms with E-state index in [1.54, 1.807) is 12.1 Å². The van der Waals surface area contributed by atoms with E-state index in [4.69, 9.17) is 4.74 Å². The van der Waals surface area contributed by atoms with Crippen molar-refractivity contribution in [1.29, 1.82) is 0 Å². The SMILES string of the molecule is Cc1cc(Br)ccc1NC(=O)NCCOc1cccc(F)c1. The third kappa shape index (κ3) is 5.04. The van der Waals surface area contributed by atoms with E-state index in [2.05, 4.69) is 26.6 Å². The lowest BCUT2D eigenvalue weighted by atomic mass is 10.2. The lowest BCUT2D eigenvalue weighted by Gasteiger charge is -2.11. The molecule has 2 aromatic carbocycles. The molecule has 4 nitrogen and oxygen atoms in total. The Morgan fingerprint density at radius 1 is 1.27 bits per heavy atom. The lowest BCUT2D eigenvalue weighted by Crippen LogP contribution is -2.32. The second-order valence-electron chi connectivity index (χ2n) is 4.65. The molecular weight excluding hydrogens is 351 g/mol. The molecule has 0 saturated carbocycles. The minimum Gasteiger partial charge on any atom is -0.492 e. The van der Waals surface area contributed by atoms with E-state index in [9.17, 15) is 9.18 Å². The first-order valence-corrected chi connectivity index (χ1v) is 7.53. The summed E-state index contributed by atoms with van der Waals surface area (Å²) >= 11 is 3.37. The average Bonchev–Trinajstić information content (AvgIpc) is 2.47. The van der Waals surface area contributed by atoms with Crippen molar-refractivity contribution in [3.05, 3.63) is 58.3 Å². The Bertz CT molecular complexity index is 664. The second-order valence-corrected chi connectivity index (χ2v) is 5.56. The standard InChI is InChI=1S/C16H16BrFN2O2/c1-11-9-12(17)5-6-15(11)20-16(21)19-7-8-22-14-4-2-3-13(18)10-14/h2-6,9-10H,7-8H2,1H3,(H2,19,20,21). The summed E-state index contributed by atoms with van der Waals surface area (Å²) in [5.74, 6) is 0.0832. The number of anilines is 1. The van der Waals surface area contributed by atoms with Crippen LogP contribution in [-0.2, 0) is 0 Å². The molecule has 0 unspecified atom stereocenters. The molecule has 22 heavy (non-hydrogen) atoms. The van der Waals surface area contributed by atoms with Gasteiger partial charge in [0.05, 0.1) is 6.54 Å². The zero-order valence-electron chi connectivity index (χ0n) is 12.0. The van der Waals surface area contributed by atoms with Gasteiger partial charge >= 0.3 is 6.03 Å². The molecule has 2 N–H and O–H groups in total. The Labute approximate surface area is 136 Å². The summed E-state index contributed by atoms with van der Waals surface area (Å²) in [6.07, 6.45) is 0. The summed E-state index contributed by atoms with van der Waals surface area (Å²) in [7, 11) is 0. The number of carbonyl (C=O) groups is 1. The van der Waals surface area contributed by atoms with E-state index in [1.807, 2.05) is 25.1 Å². The third-order valence-corrected chi connectivity index (χ3v) is 3.38. The van der Waals surface area contributed by atoms with E-state index in [0.29, 0.717) is 12.3 Å². The van der Waals surface area contributed by atoms with Crippen LogP contribution in [0.4, 0.5) is 14.9 Å². The number of amides is 2. The summed E-state index contributed by atoms with van der Waals surface area (Å²) in [6, 6.07) is 11.2. The zero-order chi connectivity index (χ0) is 15.9. The highest BCUT2D eigenvalue weighted by Crippen LogP contribution is 2.19. The van der Waals surface area contributed by atoms with Crippen molar-refractivity contribution in [1.82, 2.24) is 5.32 Å². The van der Waals surface area contributed by atoms with Crippen molar-refractivity contribution in [2.24, 2.45) is 0 Å². The smallest absolute Gasteiger partial charge is 0.319 e. The Hall–Kier alpha value is -2.08. The maximum absolute atomic E-state index is 12.9. The highest BCUT2D eigenvalue weighted by Gasteiger charge is 2.04. The summed E-state index contributed by atoms with van der Waals surface area (Å²) < 4.78 is 19.2. The van der Waals surface area contributed by atoms with Crippen LogP contribution in [0.2, 0.25) is 0 Å². The van der Waals surface area contributed by atoms with E-state index in [-0.39, 0.29) is 18.5 Å². The Balaban J connectivity index is 1.74. The fraction of sp³-hybridized carbons (Fsp3) is 0.188. The maximum Gasteiger partial charge on any atom is 0.319 e. The minimum atomic E-state index is -0.353. The normalized spacial score (nSPS) is 10.1. The molecule has 0 aromatic heterocycles. The number of urea groups is 1. The number of carbonyl (C=O) groups excluding carboxylic acids is 1. The van der Waals surface area contributed by atoms with Crippen molar-refractivity contribution in [2.75, 3.05) is 18.5 Å². The lowest BCUT2D eigenvalue weighted by molar-refractivity contribution is 0.247. The van der Waals surface area contributed by atoms with Crippen molar-refractivity contribution in [3.63, 3.8) is 0 Å². The fourth-order valence-electron chi connectivity index (χ4n) is 1.82. The molecule has 0 radical (unpaired) electrons. The van der Waals surface area contributed by atoms with E-state index >= 15 is 0 Å². The molecule has 2 aromatic rings. The number of hydrogen-bond donors (Lipinski definition) is 2. The number of ether oxygens (including phenoxy) is 1. The molecule has 116 valence electrons. The molecule has 2 rings (SSSR count). The summed E-state index contributed by atoms with van der Waals surface area (Å²) in [6.45, 7) is 2.49. The molecule has 0 aliphatic carbocycles. The van der Waals surface area contributed by atoms with Gasteiger partial charge in [-0.25, -0.2) is 9.18 Å². The molecule has 0 fully saturated rings. The topological polar surface area (TPSA) is 50.4 Å². The summed E-state index contributed by atoms with van der Waals surface area (Å²) in [5, 5.41) is 5.44. The first kappa shape index (κ1) is 16.3. The zero-order valence-corrected chi connectivity index (χ0v) is 13.6. The van der Waals surface area contributed by atoms with Crippen LogP contribution in [0.3, 0.4) is 0 Å². The minimum absolute atomic E-state index is 0.260. The summed E-state index contributed by atoms with van der Waals surface area (Å²) in [4.78, 5) is 11.8. The van der Waals surface area contributed by atoms with Gasteiger partial charge in [0.2, 0.25) is 0 Å². The van der Waals surface area contributed by atoms with Gasteiger partial charge in [-0.05, 0) is 42.8 Å². The highest BCUT2D eigenvalue weighted by molar-refractivity contribution is 9.10. The highest BCUT2D eigenvalue weighted by atomic mass is 79.9. The Kier molecular flexibility index (Phi) is 5.77. The van der Waals surface area contributed by atoms with Crippen LogP contribution < -0.4 is 15.4 Å². The van der Waals surface area contributed by atoms with Gasteiger partial charge in [-0.3, -0.25) is 0 Å². The number of aryl methyl sites for hydroxylation is 1. The van der Waals surface area contributed by atoms with E-state index < -0.39 is 0 Å². The van der Waals surface area contributed by atoms with Crippen molar-refractivity contribution in [3.8, 4) is 5.75 Å². The molecule has 0 saturated heterocycles. The van der Waals surface area contributed by atoms with Crippen LogP contribution in [0.1, 0.15) is 5.56 Å². The van der Waals surface area contributed by atoms with Crippen LogP contribution in [0, 0.1) is 12.7 Å². The van der Waals surface area contributed by atoms with Gasteiger partial charge in [0.15, 0.2) is 0 Å². The van der Waals surface area contributed by atoms with Gasteiger partial charge < -0.3 is 15.4 Å². The molecule has 0 bridgehead atoms. The van der Waals surface area contributed by atoms with Gasteiger partial charge in [-0.1, -0.05) is 22.0 Å². The average molecular weight is 367 g/mol. The molecule has 0 aliphatic heterocycles.